The lowest BCUT2D eigenvalue weighted by Crippen LogP contribution is -2.34. The second-order valence-electron chi connectivity index (χ2n) is 8.82. The first-order chi connectivity index (χ1) is 15.1. The van der Waals surface area contributed by atoms with Crippen molar-refractivity contribution in [1.29, 1.82) is 5.26 Å². The van der Waals surface area contributed by atoms with E-state index in [4.69, 9.17) is 5.26 Å². The number of benzene rings is 3. The first-order valence-corrected chi connectivity index (χ1v) is 11.5. The van der Waals surface area contributed by atoms with Crippen molar-refractivity contribution in [2.75, 3.05) is 0 Å². The van der Waals surface area contributed by atoms with Crippen LogP contribution in [-0.4, -0.2) is 0 Å². The molecule has 1 nitrogen and oxygen atoms in total. The van der Waals surface area contributed by atoms with E-state index in [-0.39, 0.29) is 11.5 Å². The van der Waals surface area contributed by atoms with Gasteiger partial charge in [0.2, 0.25) is 0 Å². The van der Waals surface area contributed by atoms with Gasteiger partial charge >= 0.3 is 0 Å². The number of hydrogen-bond donors (Lipinski definition) is 0. The predicted molar refractivity (Wildman–Crippen MR) is 123 cm³/mol. The van der Waals surface area contributed by atoms with E-state index in [1.807, 2.05) is 42.5 Å². The molecular weight excluding hydrogens is 388 g/mol. The van der Waals surface area contributed by atoms with Crippen LogP contribution in [0.4, 0.5) is 8.78 Å². The third kappa shape index (κ3) is 4.09. The zero-order chi connectivity index (χ0) is 21.8. The van der Waals surface area contributed by atoms with Crippen molar-refractivity contribution in [2.24, 2.45) is 5.92 Å². The largest absolute Gasteiger partial charge is 0.238 e. The van der Waals surface area contributed by atoms with Gasteiger partial charge in [-0.15, -0.1) is 0 Å². The van der Waals surface area contributed by atoms with Gasteiger partial charge in [-0.2, -0.15) is 5.26 Å². The molecule has 1 saturated carbocycles. The van der Waals surface area contributed by atoms with Gasteiger partial charge in [-0.25, -0.2) is 8.78 Å². The van der Waals surface area contributed by atoms with Crippen molar-refractivity contribution in [3.63, 3.8) is 0 Å². The standard InChI is InChI=1S/C28H29F2N/c1-2-3-4-10-23-11-7-8-17-28(23,30)27-24-12-6-5-9-20(24)15-16-25(27)21-13-14-22(19-31)26(29)18-21/h5-6,9,12-16,18,23H,2-4,7-8,10-11,17H2,1H3. The van der Waals surface area contributed by atoms with Gasteiger partial charge in [0.1, 0.15) is 17.6 Å². The van der Waals surface area contributed by atoms with Gasteiger partial charge in [0, 0.05) is 5.56 Å². The van der Waals surface area contributed by atoms with E-state index >= 15 is 4.39 Å². The quantitative estimate of drug-likeness (QED) is 0.369. The summed E-state index contributed by atoms with van der Waals surface area (Å²) in [6.07, 6.45) is 7.49. The predicted octanol–water partition coefficient (Wildman–Crippen LogP) is 8.45. The van der Waals surface area contributed by atoms with Crippen LogP contribution in [0.3, 0.4) is 0 Å². The summed E-state index contributed by atoms with van der Waals surface area (Å²) in [5.41, 5.74) is 0.651. The maximum atomic E-state index is 17.2. The molecule has 0 aromatic heterocycles. The smallest absolute Gasteiger partial charge is 0.141 e. The molecule has 0 bridgehead atoms. The Labute approximate surface area is 183 Å². The Morgan fingerprint density at radius 2 is 1.90 bits per heavy atom. The highest BCUT2D eigenvalue weighted by molar-refractivity contribution is 5.93. The average Bonchev–Trinajstić information content (AvgIpc) is 2.79. The molecule has 0 spiro atoms. The lowest BCUT2D eigenvalue weighted by molar-refractivity contribution is 0.0297. The van der Waals surface area contributed by atoms with E-state index in [0.29, 0.717) is 17.5 Å². The Kier molecular flexibility index (Phi) is 6.37. The maximum absolute atomic E-state index is 17.2. The van der Waals surface area contributed by atoms with Crippen molar-refractivity contribution < 1.29 is 8.78 Å². The number of unbranched alkanes of at least 4 members (excludes halogenated alkanes) is 2. The molecule has 31 heavy (non-hydrogen) atoms. The summed E-state index contributed by atoms with van der Waals surface area (Å²) < 4.78 is 31.7. The van der Waals surface area contributed by atoms with E-state index in [1.165, 1.54) is 12.1 Å². The van der Waals surface area contributed by atoms with E-state index in [9.17, 15) is 4.39 Å². The van der Waals surface area contributed by atoms with Crippen molar-refractivity contribution in [1.82, 2.24) is 0 Å². The number of rotatable bonds is 6. The van der Waals surface area contributed by atoms with E-state index in [2.05, 4.69) is 6.92 Å². The molecule has 2 unspecified atom stereocenters. The Balaban J connectivity index is 1.91. The van der Waals surface area contributed by atoms with Crippen LogP contribution < -0.4 is 0 Å². The molecule has 0 radical (unpaired) electrons. The van der Waals surface area contributed by atoms with Crippen molar-refractivity contribution in [3.05, 3.63) is 71.5 Å². The minimum absolute atomic E-state index is 0.0103. The van der Waals surface area contributed by atoms with E-state index < -0.39 is 11.5 Å². The lowest BCUT2D eigenvalue weighted by atomic mass is 9.68. The topological polar surface area (TPSA) is 23.8 Å². The van der Waals surface area contributed by atoms with E-state index in [1.54, 1.807) is 6.07 Å². The monoisotopic (exact) mass is 417 g/mol. The normalized spacial score (nSPS) is 21.2. The second-order valence-corrected chi connectivity index (χ2v) is 8.82. The van der Waals surface area contributed by atoms with Crippen molar-refractivity contribution in [2.45, 2.75) is 64.0 Å². The zero-order valence-electron chi connectivity index (χ0n) is 18.1. The van der Waals surface area contributed by atoms with Crippen LogP contribution in [0.15, 0.2) is 54.6 Å². The molecule has 160 valence electrons. The minimum atomic E-state index is -1.44. The summed E-state index contributed by atoms with van der Waals surface area (Å²) in [4.78, 5) is 0. The van der Waals surface area contributed by atoms with Gasteiger partial charge in [0.05, 0.1) is 5.56 Å². The van der Waals surface area contributed by atoms with Gasteiger partial charge in [0.15, 0.2) is 0 Å². The minimum Gasteiger partial charge on any atom is -0.238 e. The summed E-state index contributed by atoms with van der Waals surface area (Å²) in [6.45, 7) is 2.17. The summed E-state index contributed by atoms with van der Waals surface area (Å²) >= 11 is 0. The fraction of sp³-hybridized carbons (Fsp3) is 0.393. The molecule has 0 amide bonds. The molecule has 0 heterocycles. The summed E-state index contributed by atoms with van der Waals surface area (Å²) in [5, 5.41) is 11.0. The van der Waals surface area contributed by atoms with Gasteiger partial charge in [-0.3, -0.25) is 0 Å². The Bertz CT molecular complexity index is 1110. The molecule has 2 atom stereocenters. The van der Waals surface area contributed by atoms with Crippen LogP contribution in [0.1, 0.15) is 69.4 Å². The molecule has 1 aliphatic carbocycles. The molecule has 1 aliphatic rings. The van der Waals surface area contributed by atoms with Crippen LogP contribution in [-0.2, 0) is 5.67 Å². The van der Waals surface area contributed by atoms with Crippen LogP contribution in [0.2, 0.25) is 0 Å². The molecule has 4 rings (SSSR count). The van der Waals surface area contributed by atoms with Gasteiger partial charge < -0.3 is 0 Å². The lowest BCUT2D eigenvalue weighted by Gasteiger charge is -2.40. The molecule has 0 N–H and O–H groups in total. The van der Waals surface area contributed by atoms with Crippen molar-refractivity contribution in [3.8, 4) is 17.2 Å². The van der Waals surface area contributed by atoms with Crippen LogP contribution in [0.5, 0.6) is 0 Å². The molecule has 1 fully saturated rings. The zero-order valence-corrected chi connectivity index (χ0v) is 18.1. The van der Waals surface area contributed by atoms with Gasteiger partial charge in [0.25, 0.3) is 0 Å². The third-order valence-corrected chi connectivity index (χ3v) is 6.89. The maximum Gasteiger partial charge on any atom is 0.141 e. The molecule has 3 aromatic rings. The van der Waals surface area contributed by atoms with E-state index in [0.717, 1.165) is 61.3 Å². The SMILES string of the molecule is CCCCCC1CCCCC1(F)c1c(-c2ccc(C#N)c(F)c2)ccc2ccccc12. The first-order valence-electron chi connectivity index (χ1n) is 11.5. The number of nitrogens with zero attached hydrogens (tertiary/aromatic N) is 1. The van der Waals surface area contributed by atoms with Crippen molar-refractivity contribution >= 4 is 10.8 Å². The van der Waals surface area contributed by atoms with Crippen LogP contribution in [0.25, 0.3) is 21.9 Å². The fourth-order valence-corrected chi connectivity index (χ4v) is 5.28. The number of fused-ring (bicyclic) bond motifs is 1. The van der Waals surface area contributed by atoms with Crippen LogP contribution in [0, 0.1) is 23.1 Å². The molecular formula is C28H29F2N. The fourth-order valence-electron chi connectivity index (χ4n) is 5.28. The number of alkyl halides is 1. The number of nitriles is 1. The van der Waals surface area contributed by atoms with Gasteiger partial charge in [-0.1, -0.05) is 75.1 Å². The summed E-state index contributed by atoms with van der Waals surface area (Å²) in [7, 11) is 0. The van der Waals surface area contributed by atoms with Crippen LogP contribution >= 0.6 is 0 Å². The third-order valence-electron chi connectivity index (χ3n) is 6.89. The number of halogens is 2. The summed E-state index contributed by atoms with van der Waals surface area (Å²) in [6, 6.07) is 18.3. The molecule has 3 heteroatoms. The summed E-state index contributed by atoms with van der Waals surface area (Å²) in [5.74, 6) is -0.587. The Morgan fingerprint density at radius 3 is 2.68 bits per heavy atom. The second kappa shape index (κ2) is 9.18. The highest BCUT2D eigenvalue weighted by Crippen LogP contribution is 2.52. The Hall–Kier alpha value is -2.73. The first kappa shape index (κ1) is 21.5. The molecule has 3 aromatic carbocycles. The Morgan fingerprint density at radius 1 is 1.06 bits per heavy atom. The van der Waals surface area contributed by atoms with Gasteiger partial charge in [-0.05, 0) is 65.6 Å². The molecule has 0 saturated heterocycles. The highest BCUT2D eigenvalue weighted by atomic mass is 19.1. The highest BCUT2D eigenvalue weighted by Gasteiger charge is 2.44. The number of hydrogen-bond acceptors (Lipinski definition) is 1. The average molecular weight is 418 g/mol. The molecule has 0 aliphatic heterocycles.